The van der Waals surface area contributed by atoms with Gasteiger partial charge in [0.15, 0.2) is 0 Å². The molecule has 0 spiro atoms. The molecule has 0 aromatic heterocycles. The lowest BCUT2D eigenvalue weighted by molar-refractivity contribution is -0.135. The molecule has 2 rings (SSSR count). The predicted octanol–water partition coefficient (Wildman–Crippen LogP) is 3.34. The highest BCUT2D eigenvalue weighted by molar-refractivity contribution is 5.85. The normalized spacial score (nSPS) is 18.3. The Bertz CT molecular complexity index is 546. The molecule has 148 valence electrons. The summed E-state index contributed by atoms with van der Waals surface area (Å²) in [6.45, 7) is 11.2. The van der Waals surface area contributed by atoms with Gasteiger partial charge in [0, 0.05) is 18.7 Å². The number of carbonyl (C=O) groups is 1. The van der Waals surface area contributed by atoms with Gasteiger partial charge in [0.25, 0.3) is 5.91 Å². The first-order valence-electron chi connectivity index (χ1n) is 9.31. The Labute approximate surface area is 163 Å². The minimum Gasteiger partial charge on any atom is -0.493 e. The van der Waals surface area contributed by atoms with Crippen molar-refractivity contribution >= 4 is 18.3 Å². The van der Waals surface area contributed by atoms with Crippen LogP contribution in [0.3, 0.4) is 0 Å². The second-order valence-electron chi connectivity index (χ2n) is 7.50. The van der Waals surface area contributed by atoms with E-state index in [4.69, 9.17) is 9.47 Å². The number of benzene rings is 1. The maximum atomic E-state index is 12.6. The van der Waals surface area contributed by atoms with Crippen LogP contribution in [0.15, 0.2) is 24.3 Å². The molecule has 0 saturated carbocycles. The van der Waals surface area contributed by atoms with E-state index in [0.717, 1.165) is 24.3 Å². The van der Waals surface area contributed by atoms with Gasteiger partial charge in [0.1, 0.15) is 11.9 Å². The number of hydrogen-bond donors (Lipinski definition) is 2. The second-order valence-corrected chi connectivity index (χ2v) is 7.50. The smallest absolute Gasteiger partial charge is 0.250 e. The first-order valence-corrected chi connectivity index (χ1v) is 9.31. The van der Waals surface area contributed by atoms with Gasteiger partial charge in [0.2, 0.25) is 0 Å². The van der Waals surface area contributed by atoms with Gasteiger partial charge in [-0.15, -0.1) is 12.4 Å². The fraction of sp³-hybridized carbons (Fsp3) is 0.650. The minimum absolute atomic E-state index is 0. The summed E-state index contributed by atoms with van der Waals surface area (Å²) in [4.78, 5) is 12.6. The summed E-state index contributed by atoms with van der Waals surface area (Å²) in [5.74, 6) is 1.70. The third-order valence-corrected chi connectivity index (χ3v) is 4.11. The Kier molecular flexibility index (Phi) is 9.99. The minimum atomic E-state index is -0.424. The number of rotatable bonds is 8. The molecule has 2 N–H and O–H groups in total. The zero-order valence-electron chi connectivity index (χ0n) is 16.3. The van der Waals surface area contributed by atoms with Crippen LogP contribution in [0.25, 0.3) is 0 Å². The lowest BCUT2D eigenvalue weighted by atomic mass is 9.96. The van der Waals surface area contributed by atoms with E-state index in [9.17, 15) is 4.79 Å². The first-order chi connectivity index (χ1) is 12.0. The summed E-state index contributed by atoms with van der Waals surface area (Å²) < 4.78 is 11.6. The van der Waals surface area contributed by atoms with Gasteiger partial charge in [-0.2, -0.15) is 0 Å². The zero-order valence-corrected chi connectivity index (χ0v) is 17.1. The van der Waals surface area contributed by atoms with Crippen molar-refractivity contribution in [2.24, 2.45) is 11.8 Å². The van der Waals surface area contributed by atoms with Gasteiger partial charge >= 0.3 is 0 Å². The average molecular weight is 385 g/mol. The summed E-state index contributed by atoms with van der Waals surface area (Å²) in [5.41, 5.74) is 1.04. The Morgan fingerprint density at radius 1 is 1.27 bits per heavy atom. The van der Waals surface area contributed by atoms with Crippen LogP contribution in [0.4, 0.5) is 0 Å². The molecule has 6 heteroatoms. The van der Waals surface area contributed by atoms with Gasteiger partial charge in [-0.3, -0.25) is 4.79 Å². The number of para-hydroxylation sites is 1. The van der Waals surface area contributed by atoms with E-state index < -0.39 is 6.10 Å². The molecule has 0 aliphatic carbocycles. The van der Waals surface area contributed by atoms with Crippen LogP contribution >= 0.6 is 12.4 Å². The molecule has 5 nitrogen and oxygen atoms in total. The van der Waals surface area contributed by atoms with E-state index in [0.29, 0.717) is 31.6 Å². The van der Waals surface area contributed by atoms with E-state index in [1.807, 2.05) is 24.3 Å². The van der Waals surface area contributed by atoms with Crippen molar-refractivity contribution in [3.8, 4) is 5.75 Å². The summed E-state index contributed by atoms with van der Waals surface area (Å²) in [6.07, 6.45) is 0.431. The largest absolute Gasteiger partial charge is 0.493 e. The van der Waals surface area contributed by atoms with E-state index >= 15 is 0 Å². The highest BCUT2D eigenvalue weighted by Gasteiger charge is 2.26. The molecule has 0 bridgehead atoms. The first kappa shape index (κ1) is 22.7. The summed E-state index contributed by atoms with van der Waals surface area (Å²) in [5, 5.41) is 6.38. The van der Waals surface area contributed by atoms with Crippen molar-refractivity contribution in [2.45, 2.75) is 46.3 Å². The lowest BCUT2D eigenvalue weighted by Gasteiger charge is -2.28. The number of morpholine rings is 1. The average Bonchev–Trinajstić information content (AvgIpc) is 2.60. The Hall–Kier alpha value is -1.30. The molecule has 26 heavy (non-hydrogen) atoms. The standard InChI is InChI=1S/C20H32N2O3.ClH/c1-14(2)11-17(22-20(23)19-12-21-9-10-24-19)16-7-5-6-8-18(16)25-13-15(3)4;/h5-8,14-15,17,19,21H,9-13H2,1-4H3,(H,22,23);1H. The number of halogens is 1. The second kappa shape index (κ2) is 11.4. The van der Waals surface area contributed by atoms with Crippen molar-refractivity contribution in [2.75, 3.05) is 26.3 Å². The molecule has 1 heterocycles. The quantitative estimate of drug-likeness (QED) is 0.721. The van der Waals surface area contributed by atoms with Gasteiger partial charge in [-0.1, -0.05) is 45.9 Å². The van der Waals surface area contributed by atoms with Gasteiger partial charge in [-0.05, 0) is 24.3 Å². The highest BCUT2D eigenvalue weighted by atomic mass is 35.5. The van der Waals surface area contributed by atoms with Gasteiger partial charge in [-0.25, -0.2) is 0 Å². The molecule has 1 aliphatic heterocycles. The van der Waals surface area contributed by atoms with Crippen molar-refractivity contribution in [3.63, 3.8) is 0 Å². The maximum Gasteiger partial charge on any atom is 0.250 e. The molecule has 1 amide bonds. The molecule has 1 aromatic carbocycles. The molecule has 1 fully saturated rings. The number of hydrogen-bond acceptors (Lipinski definition) is 4. The van der Waals surface area contributed by atoms with Gasteiger partial charge < -0.3 is 20.1 Å². The molecule has 2 atom stereocenters. The van der Waals surface area contributed by atoms with Crippen LogP contribution in [-0.2, 0) is 9.53 Å². The van der Waals surface area contributed by atoms with E-state index in [-0.39, 0.29) is 24.4 Å². The van der Waals surface area contributed by atoms with Crippen LogP contribution in [0, 0.1) is 11.8 Å². The van der Waals surface area contributed by atoms with E-state index in [1.165, 1.54) is 0 Å². The third-order valence-electron chi connectivity index (χ3n) is 4.11. The van der Waals surface area contributed by atoms with Crippen LogP contribution in [0.2, 0.25) is 0 Å². The molecule has 1 saturated heterocycles. The molecule has 1 aliphatic rings. The zero-order chi connectivity index (χ0) is 18.2. The van der Waals surface area contributed by atoms with E-state index in [2.05, 4.69) is 38.3 Å². The summed E-state index contributed by atoms with van der Waals surface area (Å²) in [6, 6.07) is 7.91. The van der Waals surface area contributed by atoms with Crippen molar-refractivity contribution in [1.82, 2.24) is 10.6 Å². The van der Waals surface area contributed by atoms with Crippen molar-refractivity contribution in [1.29, 1.82) is 0 Å². The van der Waals surface area contributed by atoms with Gasteiger partial charge in [0.05, 0.1) is 19.3 Å². The Morgan fingerprint density at radius 3 is 2.62 bits per heavy atom. The fourth-order valence-electron chi connectivity index (χ4n) is 2.89. The Balaban J connectivity index is 0.00000338. The molecule has 2 unspecified atom stereocenters. The number of carbonyl (C=O) groups excluding carboxylic acids is 1. The molecule has 0 radical (unpaired) electrons. The highest BCUT2D eigenvalue weighted by Crippen LogP contribution is 2.30. The van der Waals surface area contributed by atoms with Crippen molar-refractivity contribution in [3.05, 3.63) is 29.8 Å². The SMILES string of the molecule is CC(C)COc1ccccc1C(CC(C)C)NC(=O)C1CNCCO1.Cl. The monoisotopic (exact) mass is 384 g/mol. The molecular formula is C20H33ClN2O3. The van der Waals surface area contributed by atoms with Crippen LogP contribution in [-0.4, -0.2) is 38.3 Å². The lowest BCUT2D eigenvalue weighted by Crippen LogP contribution is -2.48. The number of amides is 1. The summed E-state index contributed by atoms with van der Waals surface area (Å²) in [7, 11) is 0. The summed E-state index contributed by atoms with van der Waals surface area (Å²) >= 11 is 0. The predicted molar refractivity (Wildman–Crippen MR) is 107 cm³/mol. The fourth-order valence-corrected chi connectivity index (χ4v) is 2.89. The van der Waals surface area contributed by atoms with Crippen LogP contribution < -0.4 is 15.4 Å². The van der Waals surface area contributed by atoms with Crippen molar-refractivity contribution < 1.29 is 14.3 Å². The number of nitrogens with one attached hydrogen (secondary N) is 2. The maximum absolute atomic E-state index is 12.6. The topological polar surface area (TPSA) is 59.6 Å². The van der Waals surface area contributed by atoms with Crippen LogP contribution in [0.5, 0.6) is 5.75 Å². The third kappa shape index (κ3) is 7.14. The molecular weight excluding hydrogens is 352 g/mol. The Morgan fingerprint density at radius 2 is 2.00 bits per heavy atom. The van der Waals surface area contributed by atoms with E-state index in [1.54, 1.807) is 0 Å². The number of ether oxygens (including phenoxy) is 2. The molecule has 1 aromatic rings. The van der Waals surface area contributed by atoms with Crippen LogP contribution in [0.1, 0.15) is 45.7 Å².